The minimum absolute atomic E-state index is 0.0496. The predicted molar refractivity (Wildman–Crippen MR) is 114 cm³/mol. The third kappa shape index (κ3) is 5.17. The minimum Gasteiger partial charge on any atom is -0.493 e. The lowest BCUT2D eigenvalue weighted by molar-refractivity contribution is -0.0512. The van der Waals surface area contributed by atoms with Crippen molar-refractivity contribution in [3.8, 4) is 17.2 Å². The molecule has 32 heavy (non-hydrogen) atoms. The summed E-state index contributed by atoms with van der Waals surface area (Å²) in [5.41, 5.74) is 3.00. The summed E-state index contributed by atoms with van der Waals surface area (Å²) in [5, 5.41) is 0. The third-order valence-corrected chi connectivity index (χ3v) is 5.20. The van der Waals surface area contributed by atoms with Crippen molar-refractivity contribution in [2.45, 2.75) is 32.5 Å². The van der Waals surface area contributed by atoms with E-state index in [1.54, 1.807) is 12.1 Å². The quantitative estimate of drug-likeness (QED) is 0.308. The van der Waals surface area contributed by atoms with E-state index in [2.05, 4.69) is 16.9 Å². The monoisotopic (exact) mass is 440 g/mol. The van der Waals surface area contributed by atoms with Crippen LogP contribution in [-0.4, -0.2) is 19.5 Å². The van der Waals surface area contributed by atoms with E-state index < -0.39 is 6.61 Å². The molecule has 2 aromatic carbocycles. The van der Waals surface area contributed by atoms with Crippen LogP contribution >= 0.6 is 0 Å². The molecule has 0 spiro atoms. The van der Waals surface area contributed by atoms with Crippen LogP contribution in [0.1, 0.15) is 39.4 Å². The topological polar surface area (TPSA) is 57.9 Å². The Morgan fingerprint density at radius 3 is 2.72 bits per heavy atom. The van der Waals surface area contributed by atoms with Crippen molar-refractivity contribution in [2.75, 3.05) is 7.11 Å². The smallest absolute Gasteiger partial charge is 0.387 e. The number of rotatable bonds is 9. The number of methoxy groups -OCH3 is 1. The molecule has 0 amide bonds. The van der Waals surface area contributed by atoms with Gasteiger partial charge in [0.05, 0.1) is 7.11 Å². The van der Waals surface area contributed by atoms with Crippen LogP contribution in [0.25, 0.3) is 6.08 Å². The molecule has 0 atom stereocenters. The Balaban J connectivity index is 1.36. The van der Waals surface area contributed by atoms with Gasteiger partial charge in [-0.15, -0.1) is 0 Å². The Hall–Kier alpha value is -3.61. The number of fused-ring (bicyclic) bond motifs is 1. The normalized spacial score (nSPS) is 12.9. The molecule has 4 rings (SSSR count). The second-order valence-corrected chi connectivity index (χ2v) is 7.32. The Morgan fingerprint density at radius 1 is 1.06 bits per heavy atom. The molecule has 0 saturated heterocycles. The molecule has 3 aromatic rings. The van der Waals surface area contributed by atoms with Gasteiger partial charge in [0, 0.05) is 5.56 Å². The van der Waals surface area contributed by atoms with Crippen molar-refractivity contribution in [3.63, 3.8) is 0 Å². The third-order valence-electron chi connectivity index (χ3n) is 5.20. The first kappa shape index (κ1) is 21.6. The van der Waals surface area contributed by atoms with E-state index in [-0.39, 0.29) is 29.5 Å². The molecule has 0 unspecified atom stereocenters. The molecule has 0 N–H and O–H groups in total. The van der Waals surface area contributed by atoms with E-state index in [4.69, 9.17) is 13.9 Å². The highest BCUT2D eigenvalue weighted by Crippen LogP contribution is 2.30. The molecule has 1 aliphatic rings. The Labute approximate surface area is 184 Å². The molecule has 166 valence electrons. The van der Waals surface area contributed by atoms with Gasteiger partial charge in [-0.25, -0.2) is 0 Å². The fourth-order valence-corrected chi connectivity index (χ4v) is 3.62. The number of halogens is 2. The number of carbonyl (C=O) groups excluding carboxylic acids is 1. The SMILES string of the molecule is COc1cc(C(=O)/C=C/c2ccc(COc3ccc4c(c3)CCC4)o2)ccc1OC(F)F. The molecular formula is C25H22F2O5. The molecule has 0 aliphatic heterocycles. The molecule has 0 fully saturated rings. The van der Waals surface area contributed by atoms with Crippen LogP contribution in [0.4, 0.5) is 8.78 Å². The number of hydrogen-bond donors (Lipinski definition) is 0. The van der Waals surface area contributed by atoms with E-state index in [9.17, 15) is 13.6 Å². The van der Waals surface area contributed by atoms with Crippen LogP contribution in [0.5, 0.6) is 17.2 Å². The number of allylic oxidation sites excluding steroid dienone is 1. The molecule has 1 aliphatic carbocycles. The van der Waals surface area contributed by atoms with Gasteiger partial charge < -0.3 is 18.6 Å². The van der Waals surface area contributed by atoms with E-state index in [1.807, 2.05) is 6.07 Å². The summed E-state index contributed by atoms with van der Waals surface area (Å²) in [6.07, 6.45) is 6.28. The number of carbonyl (C=O) groups is 1. The number of ether oxygens (including phenoxy) is 3. The first-order valence-corrected chi connectivity index (χ1v) is 10.2. The van der Waals surface area contributed by atoms with Crippen LogP contribution in [0.3, 0.4) is 0 Å². The zero-order valence-corrected chi connectivity index (χ0v) is 17.5. The van der Waals surface area contributed by atoms with Crippen molar-refractivity contribution < 1.29 is 32.2 Å². The van der Waals surface area contributed by atoms with Crippen molar-refractivity contribution in [1.82, 2.24) is 0 Å². The van der Waals surface area contributed by atoms with Gasteiger partial charge in [0.15, 0.2) is 17.3 Å². The van der Waals surface area contributed by atoms with E-state index in [1.165, 1.54) is 55.0 Å². The number of ketones is 1. The standard InChI is InChI=1S/C25H22F2O5/c1-29-24-14-18(6-12-23(24)32-25(26)27)22(28)11-10-19-8-9-21(31-19)15-30-20-7-5-16-3-2-4-17(16)13-20/h5-14,25H,2-4,15H2,1H3/b11-10+. The number of benzene rings is 2. The molecule has 0 saturated carbocycles. The van der Waals surface area contributed by atoms with Crippen LogP contribution in [-0.2, 0) is 19.4 Å². The van der Waals surface area contributed by atoms with Gasteiger partial charge in [0.1, 0.15) is 23.9 Å². The van der Waals surface area contributed by atoms with Crippen LogP contribution in [0, 0.1) is 0 Å². The number of hydrogen-bond acceptors (Lipinski definition) is 5. The highest BCUT2D eigenvalue weighted by Gasteiger charge is 2.14. The van der Waals surface area contributed by atoms with Crippen molar-refractivity contribution in [1.29, 1.82) is 0 Å². The average Bonchev–Trinajstić information content (AvgIpc) is 3.44. The van der Waals surface area contributed by atoms with Crippen LogP contribution in [0.15, 0.2) is 59.0 Å². The fraction of sp³-hybridized carbons (Fsp3) is 0.240. The van der Waals surface area contributed by atoms with E-state index >= 15 is 0 Å². The lowest BCUT2D eigenvalue weighted by Gasteiger charge is -2.10. The number of aryl methyl sites for hydroxylation is 2. The first-order chi connectivity index (χ1) is 15.5. The highest BCUT2D eigenvalue weighted by atomic mass is 19.3. The average molecular weight is 440 g/mol. The van der Waals surface area contributed by atoms with Crippen LogP contribution < -0.4 is 14.2 Å². The summed E-state index contributed by atoms with van der Waals surface area (Å²) in [5.74, 6) is 1.51. The van der Waals surface area contributed by atoms with Gasteiger partial charge >= 0.3 is 6.61 Å². The molecule has 7 heteroatoms. The van der Waals surface area contributed by atoms with Gasteiger partial charge in [0.25, 0.3) is 0 Å². The molecule has 1 aromatic heterocycles. The Kier molecular flexibility index (Phi) is 6.54. The fourth-order valence-electron chi connectivity index (χ4n) is 3.62. The highest BCUT2D eigenvalue weighted by molar-refractivity contribution is 6.07. The van der Waals surface area contributed by atoms with Gasteiger partial charge in [-0.05, 0) is 85.0 Å². The number of alkyl halides is 2. The van der Waals surface area contributed by atoms with Crippen LogP contribution in [0.2, 0.25) is 0 Å². The lowest BCUT2D eigenvalue weighted by Crippen LogP contribution is -2.04. The minimum atomic E-state index is -2.98. The van der Waals surface area contributed by atoms with Gasteiger partial charge in [-0.1, -0.05) is 6.07 Å². The molecule has 5 nitrogen and oxygen atoms in total. The maximum Gasteiger partial charge on any atom is 0.387 e. The molecular weight excluding hydrogens is 418 g/mol. The predicted octanol–water partition coefficient (Wildman–Crippen LogP) is 5.85. The van der Waals surface area contributed by atoms with Gasteiger partial charge in [-0.3, -0.25) is 4.79 Å². The van der Waals surface area contributed by atoms with Gasteiger partial charge in [-0.2, -0.15) is 8.78 Å². The molecule has 1 heterocycles. The van der Waals surface area contributed by atoms with E-state index in [0.717, 1.165) is 18.6 Å². The molecule has 0 bridgehead atoms. The van der Waals surface area contributed by atoms with Crippen molar-refractivity contribution >= 4 is 11.9 Å². The lowest BCUT2D eigenvalue weighted by atomic mass is 10.1. The first-order valence-electron chi connectivity index (χ1n) is 10.2. The summed E-state index contributed by atoms with van der Waals surface area (Å²) < 4.78 is 45.8. The maximum atomic E-state index is 12.4. The second kappa shape index (κ2) is 9.68. The molecule has 0 radical (unpaired) electrons. The van der Waals surface area contributed by atoms with Gasteiger partial charge in [0.2, 0.25) is 0 Å². The Bertz CT molecular complexity index is 1130. The zero-order valence-electron chi connectivity index (χ0n) is 17.5. The largest absolute Gasteiger partial charge is 0.493 e. The van der Waals surface area contributed by atoms with Crippen molar-refractivity contribution in [2.24, 2.45) is 0 Å². The number of furan rings is 1. The summed E-state index contributed by atoms with van der Waals surface area (Å²) >= 11 is 0. The second-order valence-electron chi connectivity index (χ2n) is 7.32. The maximum absolute atomic E-state index is 12.4. The van der Waals surface area contributed by atoms with Crippen molar-refractivity contribution in [3.05, 3.63) is 82.8 Å². The Morgan fingerprint density at radius 2 is 1.91 bits per heavy atom. The van der Waals surface area contributed by atoms with E-state index in [0.29, 0.717) is 11.5 Å². The summed E-state index contributed by atoms with van der Waals surface area (Å²) in [6.45, 7) is -2.70. The summed E-state index contributed by atoms with van der Waals surface area (Å²) in [7, 11) is 1.31. The zero-order chi connectivity index (χ0) is 22.5. The summed E-state index contributed by atoms with van der Waals surface area (Å²) in [4.78, 5) is 12.4. The summed E-state index contributed by atoms with van der Waals surface area (Å²) in [6, 6.07) is 13.7.